The Kier molecular flexibility index (Phi) is 4.59. The van der Waals surface area contributed by atoms with Gasteiger partial charge in [0.15, 0.2) is 0 Å². The van der Waals surface area contributed by atoms with Crippen LogP contribution >= 0.6 is 11.3 Å². The third-order valence-electron chi connectivity index (χ3n) is 3.67. The van der Waals surface area contributed by atoms with Gasteiger partial charge in [0.2, 0.25) is 0 Å². The lowest BCUT2D eigenvalue weighted by Crippen LogP contribution is -2.40. The second kappa shape index (κ2) is 6.21. The Morgan fingerprint density at radius 3 is 2.85 bits per heavy atom. The van der Waals surface area contributed by atoms with Crippen molar-refractivity contribution in [2.75, 3.05) is 13.1 Å². The number of carboxylic acids is 1. The first-order valence-electron chi connectivity index (χ1n) is 6.70. The normalized spacial score (nSPS) is 23.6. The number of likely N-dealkylation sites (tertiary alicyclic amines) is 1. The van der Waals surface area contributed by atoms with Crippen molar-refractivity contribution in [3.63, 3.8) is 0 Å². The van der Waals surface area contributed by atoms with Gasteiger partial charge in [-0.1, -0.05) is 13.8 Å². The second-order valence-electron chi connectivity index (χ2n) is 5.11. The highest BCUT2D eigenvalue weighted by Crippen LogP contribution is 2.24. The van der Waals surface area contributed by atoms with Gasteiger partial charge in [0.05, 0.1) is 12.0 Å². The van der Waals surface area contributed by atoms with Crippen molar-refractivity contribution >= 4 is 23.3 Å². The van der Waals surface area contributed by atoms with Gasteiger partial charge >= 0.3 is 12.0 Å². The van der Waals surface area contributed by atoms with Crippen molar-refractivity contribution < 1.29 is 14.7 Å². The van der Waals surface area contributed by atoms with Gasteiger partial charge in [-0.25, -0.2) is 9.78 Å². The first kappa shape index (κ1) is 14.8. The lowest BCUT2D eigenvalue weighted by molar-refractivity contribution is -0.142. The lowest BCUT2D eigenvalue weighted by atomic mass is 9.99. The van der Waals surface area contributed by atoms with Crippen molar-refractivity contribution in [2.24, 2.45) is 11.8 Å². The monoisotopic (exact) mass is 297 g/mol. The molecular formula is C13H19N3O3S. The Labute approximate surface area is 121 Å². The van der Waals surface area contributed by atoms with Crippen molar-refractivity contribution in [2.45, 2.75) is 26.3 Å². The van der Waals surface area contributed by atoms with Crippen LogP contribution in [0.5, 0.6) is 0 Å². The molecule has 1 aromatic rings. The van der Waals surface area contributed by atoms with E-state index in [9.17, 15) is 9.59 Å². The molecule has 1 fully saturated rings. The van der Waals surface area contributed by atoms with Crippen LogP contribution in [0.3, 0.4) is 0 Å². The molecular weight excluding hydrogens is 278 g/mol. The largest absolute Gasteiger partial charge is 0.481 e. The fourth-order valence-corrected chi connectivity index (χ4v) is 3.21. The molecule has 2 heterocycles. The van der Waals surface area contributed by atoms with Crippen LogP contribution in [0.4, 0.5) is 4.79 Å². The molecule has 0 aromatic carbocycles. The van der Waals surface area contributed by atoms with E-state index in [4.69, 9.17) is 5.11 Å². The molecule has 7 heteroatoms. The van der Waals surface area contributed by atoms with Crippen LogP contribution in [0, 0.1) is 11.8 Å². The van der Waals surface area contributed by atoms with Crippen LogP contribution < -0.4 is 5.32 Å². The topological polar surface area (TPSA) is 82.5 Å². The summed E-state index contributed by atoms with van der Waals surface area (Å²) in [5.41, 5.74) is 0. The van der Waals surface area contributed by atoms with Gasteiger partial charge in [0, 0.05) is 24.7 Å². The van der Waals surface area contributed by atoms with E-state index in [1.165, 1.54) is 11.3 Å². The quantitative estimate of drug-likeness (QED) is 0.890. The van der Waals surface area contributed by atoms with E-state index in [2.05, 4.69) is 10.3 Å². The zero-order valence-electron chi connectivity index (χ0n) is 11.6. The number of carbonyl (C=O) groups is 2. The van der Waals surface area contributed by atoms with Crippen LogP contribution in [0.1, 0.15) is 31.3 Å². The molecule has 3 atom stereocenters. The molecule has 1 saturated heterocycles. The van der Waals surface area contributed by atoms with Crippen LogP contribution in [0.25, 0.3) is 0 Å². The van der Waals surface area contributed by atoms with Crippen molar-refractivity contribution in [3.05, 3.63) is 16.6 Å². The Hall–Kier alpha value is -1.63. The van der Waals surface area contributed by atoms with Gasteiger partial charge in [-0.2, -0.15) is 0 Å². The maximum absolute atomic E-state index is 12.2. The molecule has 1 aliphatic rings. The SMILES string of the molecule is CCC(NC(=O)N1C[C@@H](C)[C@H](C(=O)O)C1)c1nccs1. The van der Waals surface area contributed by atoms with Crippen LogP contribution in [-0.4, -0.2) is 40.1 Å². The highest BCUT2D eigenvalue weighted by molar-refractivity contribution is 7.09. The highest BCUT2D eigenvalue weighted by Gasteiger charge is 2.37. The number of urea groups is 1. The third kappa shape index (κ3) is 3.09. The molecule has 2 rings (SSSR count). The Morgan fingerprint density at radius 2 is 2.35 bits per heavy atom. The van der Waals surface area contributed by atoms with Gasteiger partial charge in [-0.05, 0) is 12.3 Å². The summed E-state index contributed by atoms with van der Waals surface area (Å²) < 4.78 is 0. The van der Waals surface area contributed by atoms with E-state index in [-0.39, 0.29) is 24.5 Å². The van der Waals surface area contributed by atoms with Gasteiger partial charge in [0.1, 0.15) is 5.01 Å². The Bertz CT molecular complexity index is 477. The molecule has 2 N–H and O–H groups in total. The molecule has 0 radical (unpaired) electrons. The lowest BCUT2D eigenvalue weighted by Gasteiger charge is -2.21. The van der Waals surface area contributed by atoms with Gasteiger partial charge in [-0.15, -0.1) is 11.3 Å². The summed E-state index contributed by atoms with van der Waals surface area (Å²) in [7, 11) is 0. The first-order valence-corrected chi connectivity index (χ1v) is 7.58. The number of hydrogen-bond acceptors (Lipinski definition) is 4. The number of aliphatic carboxylic acids is 1. The summed E-state index contributed by atoms with van der Waals surface area (Å²) in [6.45, 7) is 4.61. The van der Waals surface area contributed by atoms with Gasteiger partial charge in [0.25, 0.3) is 0 Å². The maximum Gasteiger partial charge on any atom is 0.317 e. The number of amides is 2. The number of carboxylic acid groups (broad SMARTS) is 1. The Balaban J connectivity index is 1.97. The Morgan fingerprint density at radius 1 is 1.60 bits per heavy atom. The molecule has 1 aromatic heterocycles. The molecule has 0 spiro atoms. The van der Waals surface area contributed by atoms with Crippen LogP contribution in [-0.2, 0) is 4.79 Å². The second-order valence-corrected chi connectivity index (χ2v) is 6.03. The average Bonchev–Trinajstić information content (AvgIpc) is 3.04. The minimum Gasteiger partial charge on any atom is -0.481 e. The number of thiazole rings is 1. The van der Waals surface area contributed by atoms with Crippen molar-refractivity contribution in [1.82, 2.24) is 15.2 Å². The molecule has 1 unspecified atom stereocenters. The van der Waals surface area contributed by atoms with E-state index in [1.807, 2.05) is 19.2 Å². The number of nitrogens with one attached hydrogen (secondary N) is 1. The molecule has 110 valence electrons. The number of nitrogens with zero attached hydrogens (tertiary/aromatic N) is 2. The van der Waals surface area contributed by atoms with Crippen molar-refractivity contribution in [1.29, 1.82) is 0 Å². The predicted molar refractivity (Wildman–Crippen MR) is 75.5 cm³/mol. The maximum atomic E-state index is 12.2. The molecule has 6 nitrogen and oxygen atoms in total. The fourth-order valence-electron chi connectivity index (χ4n) is 2.44. The summed E-state index contributed by atoms with van der Waals surface area (Å²) in [6, 6.07) is -0.315. The van der Waals surface area contributed by atoms with Crippen molar-refractivity contribution in [3.8, 4) is 0 Å². The first-order chi connectivity index (χ1) is 9.52. The van der Waals surface area contributed by atoms with Gasteiger partial charge in [-0.3, -0.25) is 4.79 Å². The van der Waals surface area contributed by atoms with E-state index in [1.54, 1.807) is 11.1 Å². The zero-order chi connectivity index (χ0) is 14.7. The van der Waals surface area contributed by atoms with E-state index in [0.717, 1.165) is 11.4 Å². The van der Waals surface area contributed by atoms with Gasteiger partial charge < -0.3 is 15.3 Å². The van der Waals surface area contributed by atoms with Crippen LogP contribution in [0.2, 0.25) is 0 Å². The highest BCUT2D eigenvalue weighted by atomic mass is 32.1. The zero-order valence-corrected chi connectivity index (χ0v) is 12.4. The number of hydrogen-bond donors (Lipinski definition) is 2. The number of aromatic nitrogens is 1. The molecule has 0 aliphatic carbocycles. The molecule has 0 saturated carbocycles. The smallest absolute Gasteiger partial charge is 0.317 e. The van der Waals surface area contributed by atoms with Crippen LogP contribution in [0.15, 0.2) is 11.6 Å². The van der Waals surface area contributed by atoms with E-state index < -0.39 is 11.9 Å². The minimum atomic E-state index is -0.834. The summed E-state index contributed by atoms with van der Waals surface area (Å²) in [4.78, 5) is 29.1. The third-order valence-corrected chi connectivity index (χ3v) is 4.56. The fraction of sp³-hybridized carbons (Fsp3) is 0.615. The van der Waals surface area contributed by atoms with E-state index in [0.29, 0.717) is 6.54 Å². The predicted octanol–water partition coefficient (Wildman–Crippen LogP) is 1.96. The molecule has 1 aliphatic heterocycles. The molecule has 0 bridgehead atoms. The van der Waals surface area contributed by atoms with E-state index >= 15 is 0 Å². The summed E-state index contributed by atoms with van der Waals surface area (Å²) in [5.74, 6) is -1.32. The summed E-state index contributed by atoms with van der Waals surface area (Å²) >= 11 is 1.51. The summed E-state index contributed by atoms with van der Waals surface area (Å²) in [5, 5.41) is 14.8. The minimum absolute atomic E-state index is 0.0156. The molecule has 2 amide bonds. The average molecular weight is 297 g/mol. The summed E-state index contributed by atoms with van der Waals surface area (Å²) in [6.07, 6.45) is 2.47. The molecule has 20 heavy (non-hydrogen) atoms. The number of carbonyl (C=O) groups excluding carboxylic acids is 1. The standard InChI is InChI=1S/C13H19N3O3S/c1-3-10(11-14-4-5-20-11)15-13(19)16-6-8(2)9(7-16)12(17)18/h4-5,8-10H,3,6-7H2,1-2H3,(H,15,19)(H,17,18)/t8-,9-,10?/m1/s1. The number of rotatable bonds is 4.